The smallest absolute Gasteiger partial charge is 0.0866 e. The minimum Gasteiger partial charge on any atom is -0.370 e. The summed E-state index contributed by atoms with van der Waals surface area (Å²) in [5, 5.41) is 8.82. The number of hydrogen-bond acceptors (Lipinski definition) is 3. The van der Waals surface area contributed by atoms with Gasteiger partial charge < -0.3 is 4.90 Å². The summed E-state index contributed by atoms with van der Waals surface area (Å²) in [5.41, 5.74) is 4.01. The normalized spacial score (nSPS) is 19.5. The van der Waals surface area contributed by atoms with Gasteiger partial charge in [0.25, 0.3) is 0 Å². The molecular formula is C16H23N3. The van der Waals surface area contributed by atoms with E-state index in [4.69, 9.17) is 5.26 Å². The first-order valence-electron chi connectivity index (χ1n) is 7.01. The molecule has 0 radical (unpaired) electrons. The van der Waals surface area contributed by atoms with Crippen molar-refractivity contribution < 1.29 is 0 Å². The van der Waals surface area contributed by atoms with E-state index < -0.39 is 0 Å². The molecule has 3 heteroatoms. The average molecular weight is 257 g/mol. The fourth-order valence-electron chi connectivity index (χ4n) is 2.93. The molecule has 0 N–H and O–H groups in total. The predicted molar refractivity (Wildman–Crippen MR) is 79.4 cm³/mol. The molecule has 0 amide bonds. The molecule has 2 rings (SSSR count). The number of nitrogens with zero attached hydrogens (tertiary/aromatic N) is 3. The van der Waals surface area contributed by atoms with Crippen molar-refractivity contribution in [1.82, 2.24) is 4.90 Å². The van der Waals surface area contributed by atoms with Crippen LogP contribution in [0, 0.1) is 25.2 Å². The Morgan fingerprint density at radius 3 is 2.89 bits per heavy atom. The molecule has 1 aromatic carbocycles. The summed E-state index contributed by atoms with van der Waals surface area (Å²) in [6.45, 7) is 7.00. The number of benzene rings is 1. The molecule has 1 aliphatic heterocycles. The second kappa shape index (κ2) is 6.08. The van der Waals surface area contributed by atoms with Crippen molar-refractivity contribution in [2.75, 3.05) is 31.6 Å². The van der Waals surface area contributed by atoms with E-state index in [-0.39, 0.29) is 0 Å². The zero-order valence-electron chi connectivity index (χ0n) is 12.2. The van der Waals surface area contributed by atoms with E-state index in [1.165, 1.54) is 29.7 Å². The van der Waals surface area contributed by atoms with Crippen LogP contribution in [0.1, 0.15) is 24.0 Å². The highest BCUT2D eigenvalue weighted by Gasteiger charge is 2.23. The molecule has 0 spiro atoms. The molecule has 1 aromatic rings. The van der Waals surface area contributed by atoms with E-state index in [9.17, 15) is 0 Å². The average Bonchev–Trinajstić information content (AvgIpc) is 2.39. The Balaban J connectivity index is 2.11. The van der Waals surface area contributed by atoms with Gasteiger partial charge in [0.1, 0.15) is 0 Å². The van der Waals surface area contributed by atoms with Gasteiger partial charge in [0.2, 0.25) is 0 Å². The minimum atomic E-state index is 0.495. The topological polar surface area (TPSA) is 30.3 Å². The van der Waals surface area contributed by atoms with Crippen LogP contribution in [0.4, 0.5) is 5.69 Å². The lowest BCUT2D eigenvalue weighted by Crippen LogP contribution is -2.46. The van der Waals surface area contributed by atoms with Crippen molar-refractivity contribution in [3.63, 3.8) is 0 Å². The molecule has 102 valence electrons. The van der Waals surface area contributed by atoms with E-state index in [1.807, 2.05) is 0 Å². The summed E-state index contributed by atoms with van der Waals surface area (Å²) in [6, 6.07) is 9.41. The van der Waals surface area contributed by atoms with Crippen LogP contribution in [0.2, 0.25) is 0 Å². The third kappa shape index (κ3) is 3.27. The number of hydrogen-bond donors (Lipinski definition) is 0. The first-order chi connectivity index (χ1) is 9.11. The maximum absolute atomic E-state index is 8.82. The van der Waals surface area contributed by atoms with Gasteiger partial charge in [0.15, 0.2) is 0 Å². The second-order valence-electron chi connectivity index (χ2n) is 5.61. The van der Waals surface area contributed by atoms with Crippen LogP contribution in [0.25, 0.3) is 0 Å². The summed E-state index contributed by atoms with van der Waals surface area (Å²) in [6.07, 6.45) is 2.40. The molecular weight excluding hydrogens is 234 g/mol. The SMILES string of the molecule is Cc1ccc(N2CCCC(N(C)CC#N)C2)c(C)c1. The van der Waals surface area contributed by atoms with Gasteiger partial charge in [0.05, 0.1) is 12.6 Å². The molecule has 0 aliphatic carbocycles. The van der Waals surface area contributed by atoms with Gasteiger partial charge in [-0.15, -0.1) is 0 Å². The molecule has 1 aliphatic rings. The van der Waals surface area contributed by atoms with E-state index in [1.54, 1.807) is 0 Å². The van der Waals surface area contributed by atoms with E-state index in [2.05, 4.69) is 55.0 Å². The zero-order chi connectivity index (χ0) is 13.8. The highest BCUT2D eigenvalue weighted by molar-refractivity contribution is 5.54. The quantitative estimate of drug-likeness (QED) is 0.780. The molecule has 1 saturated heterocycles. The van der Waals surface area contributed by atoms with Crippen LogP contribution >= 0.6 is 0 Å². The van der Waals surface area contributed by atoms with Crippen molar-refractivity contribution in [2.45, 2.75) is 32.7 Å². The maximum Gasteiger partial charge on any atom is 0.0866 e. The van der Waals surface area contributed by atoms with Crippen LogP contribution in [-0.4, -0.2) is 37.6 Å². The molecule has 0 bridgehead atoms. The number of piperidine rings is 1. The number of anilines is 1. The maximum atomic E-state index is 8.82. The molecule has 0 saturated carbocycles. The van der Waals surface area contributed by atoms with Gasteiger partial charge >= 0.3 is 0 Å². The van der Waals surface area contributed by atoms with Gasteiger partial charge in [-0.1, -0.05) is 17.7 Å². The van der Waals surface area contributed by atoms with Crippen LogP contribution in [0.3, 0.4) is 0 Å². The lowest BCUT2D eigenvalue weighted by Gasteiger charge is -2.38. The molecule has 1 fully saturated rings. The van der Waals surface area contributed by atoms with E-state index >= 15 is 0 Å². The molecule has 3 nitrogen and oxygen atoms in total. The van der Waals surface area contributed by atoms with Crippen molar-refractivity contribution in [1.29, 1.82) is 5.26 Å². The van der Waals surface area contributed by atoms with Crippen LogP contribution < -0.4 is 4.90 Å². The zero-order valence-corrected chi connectivity index (χ0v) is 12.2. The number of aryl methyl sites for hydroxylation is 2. The van der Waals surface area contributed by atoms with Gasteiger partial charge in [0, 0.05) is 24.8 Å². The molecule has 1 unspecified atom stereocenters. The van der Waals surface area contributed by atoms with Gasteiger partial charge in [-0.05, 0) is 45.4 Å². The summed E-state index contributed by atoms with van der Waals surface area (Å²) < 4.78 is 0. The summed E-state index contributed by atoms with van der Waals surface area (Å²) in [4.78, 5) is 4.65. The van der Waals surface area contributed by atoms with Crippen molar-refractivity contribution in [3.05, 3.63) is 29.3 Å². The summed E-state index contributed by atoms with van der Waals surface area (Å²) >= 11 is 0. The van der Waals surface area contributed by atoms with Crippen molar-refractivity contribution >= 4 is 5.69 Å². The van der Waals surface area contributed by atoms with E-state index in [0.717, 1.165) is 13.1 Å². The van der Waals surface area contributed by atoms with E-state index in [0.29, 0.717) is 12.6 Å². The Labute approximate surface area is 116 Å². The monoisotopic (exact) mass is 257 g/mol. The Morgan fingerprint density at radius 2 is 2.21 bits per heavy atom. The van der Waals surface area contributed by atoms with Gasteiger partial charge in [-0.25, -0.2) is 0 Å². The summed E-state index contributed by atoms with van der Waals surface area (Å²) in [5.74, 6) is 0. The fourth-order valence-corrected chi connectivity index (χ4v) is 2.93. The molecule has 0 aromatic heterocycles. The van der Waals surface area contributed by atoms with Gasteiger partial charge in [-0.2, -0.15) is 5.26 Å². The first kappa shape index (κ1) is 13.9. The van der Waals surface area contributed by atoms with Crippen LogP contribution in [0.15, 0.2) is 18.2 Å². The van der Waals surface area contributed by atoms with Crippen LogP contribution in [-0.2, 0) is 0 Å². The first-order valence-corrected chi connectivity index (χ1v) is 7.01. The minimum absolute atomic E-state index is 0.495. The summed E-state index contributed by atoms with van der Waals surface area (Å²) in [7, 11) is 2.05. The standard InChI is InChI=1S/C16H23N3/c1-13-6-7-16(14(2)11-13)19-9-4-5-15(12-19)18(3)10-8-17/h6-7,11,15H,4-5,9-10,12H2,1-3H3. The Kier molecular flexibility index (Phi) is 4.44. The second-order valence-corrected chi connectivity index (χ2v) is 5.61. The van der Waals surface area contributed by atoms with Crippen LogP contribution in [0.5, 0.6) is 0 Å². The van der Waals surface area contributed by atoms with Crippen molar-refractivity contribution in [3.8, 4) is 6.07 Å². The third-order valence-electron chi connectivity index (χ3n) is 4.03. The van der Waals surface area contributed by atoms with Gasteiger partial charge in [-0.3, -0.25) is 4.90 Å². The molecule has 1 heterocycles. The molecule has 1 atom stereocenters. The largest absolute Gasteiger partial charge is 0.370 e. The Bertz CT molecular complexity index is 475. The third-order valence-corrected chi connectivity index (χ3v) is 4.03. The Morgan fingerprint density at radius 1 is 1.42 bits per heavy atom. The Hall–Kier alpha value is -1.53. The lowest BCUT2D eigenvalue weighted by atomic mass is 10.0. The fraction of sp³-hybridized carbons (Fsp3) is 0.562. The number of nitriles is 1. The number of rotatable bonds is 3. The lowest BCUT2D eigenvalue weighted by molar-refractivity contribution is 0.238. The number of likely N-dealkylation sites (N-methyl/N-ethyl adjacent to an activating group) is 1. The molecule has 19 heavy (non-hydrogen) atoms. The predicted octanol–water partition coefficient (Wildman–Crippen LogP) is 2.73. The highest BCUT2D eigenvalue weighted by Crippen LogP contribution is 2.25. The highest BCUT2D eigenvalue weighted by atomic mass is 15.2. The van der Waals surface area contributed by atoms with Crippen molar-refractivity contribution in [2.24, 2.45) is 0 Å².